The zero-order valence-corrected chi connectivity index (χ0v) is 33.1. The summed E-state index contributed by atoms with van der Waals surface area (Å²) in [5, 5.41) is 0.707. The summed E-state index contributed by atoms with van der Waals surface area (Å²) >= 11 is 8.25. The Bertz CT molecular complexity index is 2380. The highest BCUT2D eigenvalue weighted by Crippen LogP contribution is 2.39. The first kappa shape index (κ1) is 38.6. The number of hydrogen-bond donors (Lipinski definition) is 2. The summed E-state index contributed by atoms with van der Waals surface area (Å²) in [6, 6.07) is 39.5. The van der Waals surface area contributed by atoms with E-state index in [0.29, 0.717) is 9.92 Å². The van der Waals surface area contributed by atoms with E-state index in [0.717, 1.165) is 89.2 Å². The molecule has 55 heavy (non-hydrogen) atoms. The van der Waals surface area contributed by atoms with E-state index >= 15 is 0 Å². The molecule has 2 heterocycles. The topological polar surface area (TPSA) is 69.6 Å². The number of sulfone groups is 1. The number of aryl methyl sites for hydroxylation is 1. The quantitative estimate of drug-likeness (QED) is 0.125. The molecule has 2 N–H and O–H groups in total. The fraction of sp³-hybridized carbons (Fsp3) is 0.171. The number of hydrogen-bond acceptors (Lipinski definition) is 8. The largest absolute Gasteiger partial charge is 0.501 e. The Morgan fingerprint density at radius 1 is 0.673 bits per heavy atom. The summed E-state index contributed by atoms with van der Waals surface area (Å²) in [6.07, 6.45) is 0. The summed E-state index contributed by atoms with van der Waals surface area (Å²) in [5.41, 5.74) is 3.11. The van der Waals surface area contributed by atoms with Gasteiger partial charge in [0.2, 0.25) is 0 Å². The van der Waals surface area contributed by atoms with Gasteiger partial charge in [0.1, 0.15) is 4.90 Å². The first-order chi connectivity index (χ1) is 26.4. The Balaban J connectivity index is 0.987. The number of piperazine rings is 1. The molecule has 1 aliphatic rings. The van der Waals surface area contributed by atoms with Crippen LogP contribution < -0.4 is 19.2 Å². The van der Waals surface area contributed by atoms with E-state index in [2.05, 4.69) is 80.2 Å². The fourth-order valence-corrected chi connectivity index (χ4v) is 9.05. The Morgan fingerprint density at radius 3 is 2.00 bits per heavy atom. The maximum atomic E-state index is 13.7. The van der Waals surface area contributed by atoms with Gasteiger partial charge in [0, 0.05) is 76.4 Å². The summed E-state index contributed by atoms with van der Waals surface area (Å²) in [4.78, 5) is 4.92. The van der Waals surface area contributed by atoms with Gasteiger partial charge in [-0.25, -0.2) is 8.42 Å². The lowest BCUT2D eigenvalue weighted by Gasteiger charge is -2.37. The molecule has 0 bridgehead atoms. The van der Waals surface area contributed by atoms with Crippen LogP contribution in [0, 0.1) is 6.92 Å². The van der Waals surface area contributed by atoms with Gasteiger partial charge in [-0.05, 0) is 127 Å². The van der Waals surface area contributed by atoms with Gasteiger partial charge in [-0.15, -0.1) is 0 Å². The van der Waals surface area contributed by atoms with Crippen LogP contribution in [0.5, 0.6) is 0 Å². The van der Waals surface area contributed by atoms with Gasteiger partial charge in [0.05, 0.1) is 11.4 Å². The number of alkyl halides is 3. The lowest BCUT2D eigenvalue weighted by Crippen LogP contribution is -2.46. The average Bonchev–Trinajstić information content (AvgIpc) is 3.50. The molecule has 0 spiro atoms. The number of rotatable bonds is 11. The summed E-state index contributed by atoms with van der Waals surface area (Å²) in [6.45, 7) is 5.45. The number of anilines is 4. The summed E-state index contributed by atoms with van der Waals surface area (Å²) in [7, 11) is -3.53. The normalized spacial score (nSPS) is 13.6. The fourth-order valence-electron chi connectivity index (χ4n) is 6.46. The molecule has 1 aliphatic heterocycles. The van der Waals surface area contributed by atoms with Crippen molar-refractivity contribution in [1.29, 1.82) is 0 Å². The van der Waals surface area contributed by atoms with Crippen LogP contribution in [-0.4, -0.2) is 44.7 Å². The minimum atomic E-state index is -5.62. The van der Waals surface area contributed by atoms with Gasteiger partial charge in [-0.1, -0.05) is 54.1 Å². The first-order valence-corrected chi connectivity index (χ1v) is 20.9. The van der Waals surface area contributed by atoms with Gasteiger partial charge in [-0.3, -0.25) is 0 Å². The second kappa shape index (κ2) is 16.2. The predicted molar refractivity (Wildman–Crippen MR) is 222 cm³/mol. The minimum Gasteiger partial charge on any atom is -0.368 e. The van der Waals surface area contributed by atoms with Gasteiger partial charge >= 0.3 is 5.51 Å². The van der Waals surface area contributed by atoms with Crippen molar-refractivity contribution in [2.24, 2.45) is 7.05 Å². The molecule has 5 aromatic carbocycles. The smallest absolute Gasteiger partial charge is 0.368 e. The number of aromatic nitrogens is 1. The van der Waals surface area contributed by atoms with Crippen LogP contribution in [0.4, 0.5) is 35.9 Å². The van der Waals surface area contributed by atoms with Crippen LogP contribution in [0.2, 0.25) is 5.02 Å². The van der Waals surface area contributed by atoms with E-state index in [1.54, 1.807) is 30.3 Å². The van der Waals surface area contributed by atoms with Crippen LogP contribution in [0.25, 0.3) is 22.4 Å². The predicted octanol–water partition coefficient (Wildman–Crippen LogP) is 11.2. The molecule has 0 unspecified atom stereocenters. The number of halogens is 4. The van der Waals surface area contributed by atoms with Gasteiger partial charge in [0.25, 0.3) is 9.84 Å². The molecule has 0 aliphatic carbocycles. The van der Waals surface area contributed by atoms with Crippen molar-refractivity contribution in [2.45, 2.75) is 27.1 Å². The molecule has 6 aromatic rings. The molecule has 7 rings (SSSR count). The second-order valence-corrected chi connectivity index (χ2v) is 17.1. The van der Waals surface area contributed by atoms with E-state index in [4.69, 9.17) is 11.6 Å². The molecule has 0 atom stereocenters. The Kier molecular flexibility index (Phi) is 11.4. The monoisotopic (exact) mass is 819 g/mol. The first-order valence-electron chi connectivity index (χ1n) is 17.4. The molecular formula is C41H37ClF3N5O2S3. The third-order valence-corrected chi connectivity index (χ3v) is 12.9. The standard InChI is InChI=1S/C41H37ClF3N5O2S3/c1-28-25-37(40(48(28)2)29-11-13-31(42)14-12-29)30-7-6-8-34(26-30)50-23-21-49(22-24-50)33-17-15-32(16-18-33)46-54-36-19-20-38(47-53-35-9-4-3-5-10-35)39(27-36)55(51,52)41(43,44)45/h3-20,25-27,46-47H,21-24H2,1-2H3. The van der Waals surface area contributed by atoms with E-state index in [-0.39, 0.29) is 5.69 Å². The minimum absolute atomic E-state index is 0.151. The number of nitrogens with zero attached hydrogens (tertiary/aromatic N) is 3. The molecule has 0 saturated carbocycles. The van der Waals surface area contributed by atoms with Crippen molar-refractivity contribution in [1.82, 2.24) is 4.57 Å². The number of nitrogens with one attached hydrogen (secondary N) is 2. The molecule has 0 amide bonds. The lowest BCUT2D eigenvalue weighted by atomic mass is 10.0. The highest BCUT2D eigenvalue weighted by molar-refractivity contribution is 8.01. The van der Waals surface area contributed by atoms with Crippen molar-refractivity contribution in [3.05, 3.63) is 138 Å². The van der Waals surface area contributed by atoms with E-state index < -0.39 is 20.2 Å². The van der Waals surface area contributed by atoms with E-state index in [1.807, 2.05) is 42.5 Å². The summed E-state index contributed by atoms with van der Waals surface area (Å²) < 4.78 is 74.2. The van der Waals surface area contributed by atoms with E-state index in [1.165, 1.54) is 23.0 Å². The van der Waals surface area contributed by atoms with E-state index in [9.17, 15) is 21.6 Å². The molecule has 284 valence electrons. The van der Waals surface area contributed by atoms with Crippen LogP contribution in [-0.2, 0) is 16.9 Å². The lowest BCUT2D eigenvalue weighted by molar-refractivity contribution is -0.0435. The van der Waals surface area contributed by atoms with Crippen molar-refractivity contribution < 1.29 is 21.6 Å². The van der Waals surface area contributed by atoms with Crippen molar-refractivity contribution in [3.8, 4) is 22.4 Å². The van der Waals surface area contributed by atoms with Crippen LogP contribution in [0.15, 0.2) is 142 Å². The molecule has 1 saturated heterocycles. The van der Waals surface area contributed by atoms with Crippen molar-refractivity contribution in [3.63, 3.8) is 0 Å². The Morgan fingerprint density at radius 2 is 1.33 bits per heavy atom. The SMILES string of the molecule is Cc1cc(-c2cccc(N3CCN(c4ccc(NSc5ccc(NSc6ccccc6)c(S(=O)(=O)C(F)(F)F)c5)cc4)CC3)c2)c(-c2ccc(Cl)cc2)n1C. The highest BCUT2D eigenvalue weighted by atomic mass is 35.5. The van der Waals surface area contributed by atoms with Crippen LogP contribution in [0.3, 0.4) is 0 Å². The van der Waals surface area contributed by atoms with Gasteiger partial charge in [0.15, 0.2) is 0 Å². The maximum absolute atomic E-state index is 13.7. The Labute approximate surface area is 332 Å². The average molecular weight is 820 g/mol. The van der Waals surface area contributed by atoms with Gasteiger partial charge < -0.3 is 23.8 Å². The Hall–Kier alpha value is -4.69. The zero-order chi connectivity index (χ0) is 38.7. The highest BCUT2D eigenvalue weighted by Gasteiger charge is 2.48. The third-order valence-electron chi connectivity index (χ3n) is 9.48. The molecular weight excluding hydrogens is 783 g/mol. The van der Waals surface area contributed by atoms with Crippen molar-refractivity contribution in [2.75, 3.05) is 45.4 Å². The molecule has 1 aromatic heterocycles. The third kappa shape index (κ3) is 8.60. The van der Waals surface area contributed by atoms with Gasteiger partial charge in [-0.2, -0.15) is 13.2 Å². The molecule has 7 nitrogen and oxygen atoms in total. The second-order valence-electron chi connectivity index (χ2n) is 13.0. The maximum Gasteiger partial charge on any atom is 0.501 e. The molecule has 14 heteroatoms. The zero-order valence-electron chi connectivity index (χ0n) is 29.8. The van der Waals surface area contributed by atoms with Crippen LogP contribution in [0.1, 0.15) is 5.69 Å². The van der Waals surface area contributed by atoms with Crippen LogP contribution >= 0.6 is 35.5 Å². The molecule has 1 fully saturated rings. The summed E-state index contributed by atoms with van der Waals surface area (Å²) in [5.74, 6) is 0. The van der Waals surface area contributed by atoms with Crippen molar-refractivity contribution >= 4 is 68.1 Å². The molecule has 0 radical (unpaired) electrons. The number of benzene rings is 5.